The second kappa shape index (κ2) is 8.81. The van der Waals surface area contributed by atoms with Crippen LogP contribution in [0.25, 0.3) is 11.5 Å². The first-order valence-corrected chi connectivity index (χ1v) is 6.31. The molecule has 0 radical (unpaired) electrons. The Morgan fingerprint density at radius 1 is 1.29 bits per heavy atom. The van der Waals surface area contributed by atoms with Crippen LogP contribution in [0.4, 0.5) is 0 Å². The molecule has 4 nitrogen and oxygen atoms in total. The summed E-state index contributed by atoms with van der Waals surface area (Å²) >= 11 is 0.796. The van der Waals surface area contributed by atoms with Crippen LogP contribution in [0.5, 0.6) is 0 Å². The fourth-order valence-corrected chi connectivity index (χ4v) is 2.17. The van der Waals surface area contributed by atoms with Gasteiger partial charge in [-0.05, 0) is 17.4 Å². The average Bonchev–Trinajstić information content (AvgIpc) is 2.77. The predicted molar refractivity (Wildman–Crippen MR) is 67.4 cm³/mol. The predicted octanol–water partition coefficient (Wildman–Crippen LogP) is 3.58. The third-order valence-corrected chi connectivity index (χ3v) is 3.48. The van der Waals surface area contributed by atoms with Crippen molar-refractivity contribution in [3.63, 3.8) is 0 Å². The smallest absolute Gasteiger partial charge is 0.676 e. The molecule has 6 heteroatoms. The van der Waals surface area contributed by atoms with Crippen molar-refractivity contribution in [1.82, 2.24) is 0 Å². The second-order valence-electron chi connectivity index (χ2n) is 3.83. The maximum atomic E-state index is 10.1. The molecule has 2 unspecified atom stereocenters. The Labute approximate surface area is 120 Å². The van der Waals surface area contributed by atoms with E-state index in [-0.39, 0.29) is 33.1 Å². The van der Waals surface area contributed by atoms with Crippen LogP contribution >= 0.6 is 11.3 Å². The number of hydrogen-bond acceptors (Lipinski definition) is 1. The first kappa shape index (κ1) is 16.8. The van der Waals surface area contributed by atoms with Gasteiger partial charge in [0.15, 0.2) is 0 Å². The van der Waals surface area contributed by atoms with Gasteiger partial charge in [-0.25, -0.2) is 4.79 Å². The molecule has 0 aromatic carbocycles. The number of nitrogens with one attached hydrogen (secondary N) is 2. The van der Waals surface area contributed by atoms with E-state index < -0.39 is 5.97 Å². The molecule has 2 rings (SSSR count). The summed E-state index contributed by atoms with van der Waals surface area (Å²) in [6.07, 6.45) is 4.25. The van der Waals surface area contributed by atoms with Crippen LogP contribution in [0.2, 0.25) is 0 Å². The number of carboxylic acids is 1. The van der Waals surface area contributed by atoms with Gasteiger partial charge in [0.05, 0.1) is 0 Å². The van der Waals surface area contributed by atoms with E-state index in [1.54, 1.807) is 17.5 Å². The molecule has 1 aliphatic rings. The van der Waals surface area contributed by atoms with Crippen LogP contribution < -0.4 is 0 Å². The third-order valence-electron chi connectivity index (χ3n) is 2.54. The molecule has 0 spiro atoms. The number of rotatable bonds is 1. The molecular formula is C11H17N2O2PtS+. The molecule has 0 bridgehead atoms. The molecule has 1 fully saturated rings. The summed E-state index contributed by atoms with van der Waals surface area (Å²) in [4.78, 5) is 10.5. The van der Waals surface area contributed by atoms with Crippen LogP contribution in [0.15, 0.2) is 17.5 Å². The first-order valence-electron chi connectivity index (χ1n) is 5.34. The van der Waals surface area contributed by atoms with Crippen LogP contribution in [-0.4, -0.2) is 23.2 Å². The van der Waals surface area contributed by atoms with E-state index in [1.807, 2.05) is 0 Å². The molecule has 0 aliphatic heterocycles. The van der Waals surface area contributed by atoms with Gasteiger partial charge in [0, 0.05) is 6.07 Å². The number of carboxylic acid groups (broad SMARTS) is 1. The molecular weight excluding hydrogens is 419 g/mol. The van der Waals surface area contributed by atoms with E-state index in [0.717, 1.165) is 24.2 Å². The van der Waals surface area contributed by atoms with Gasteiger partial charge in [-0.2, -0.15) is 12.1 Å². The molecule has 2 atom stereocenters. The minimum absolute atomic E-state index is 0. The van der Waals surface area contributed by atoms with Crippen molar-refractivity contribution in [3.8, 4) is 0 Å². The van der Waals surface area contributed by atoms with E-state index in [0.29, 0.717) is 4.88 Å². The van der Waals surface area contributed by atoms with E-state index in [4.69, 9.17) is 16.6 Å². The zero-order valence-electron chi connectivity index (χ0n) is 9.33. The van der Waals surface area contributed by atoms with Gasteiger partial charge < -0.3 is 16.6 Å². The molecule has 3 N–H and O–H groups in total. The largest absolute Gasteiger partial charge is 2.00 e. The van der Waals surface area contributed by atoms with Gasteiger partial charge in [-0.1, -0.05) is 25.7 Å². The Morgan fingerprint density at radius 2 is 1.82 bits per heavy atom. The van der Waals surface area contributed by atoms with Crippen molar-refractivity contribution >= 4 is 17.3 Å². The molecule has 1 aromatic heterocycles. The zero-order valence-corrected chi connectivity index (χ0v) is 12.5. The quantitative estimate of drug-likeness (QED) is 0.683. The van der Waals surface area contributed by atoms with Gasteiger partial charge in [0.25, 0.3) is 4.88 Å². The van der Waals surface area contributed by atoms with Crippen molar-refractivity contribution in [2.45, 2.75) is 37.8 Å². The molecule has 1 heterocycles. The number of hydrogen-bond donors (Lipinski definition) is 1. The number of thiophene rings is 1. The fourth-order valence-electron chi connectivity index (χ4n) is 1.56. The van der Waals surface area contributed by atoms with E-state index in [9.17, 15) is 4.79 Å². The summed E-state index contributed by atoms with van der Waals surface area (Å²) in [6.45, 7) is 0. The van der Waals surface area contributed by atoms with E-state index in [1.165, 1.54) is 12.8 Å². The monoisotopic (exact) mass is 436 g/mol. The molecule has 98 valence electrons. The van der Waals surface area contributed by atoms with Gasteiger partial charge in [-0.3, -0.25) is 0 Å². The van der Waals surface area contributed by atoms with Crippen LogP contribution in [0, 0.1) is 0 Å². The fraction of sp³-hybridized carbons (Fsp3) is 0.545. The molecule has 1 aliphatic carbocycles. The molecule has 1 saturated carbocycles. The maximum absolute atomic E-state index is 10.1. The summed E-state index contributed by atoms with van der Waals surface area (Å²) in [7, 11) is 0. The summed E-state index contributed by atoms with van der Waals surface area (Å²) < 4.78 is 0. The summed E-state index contributed by atoms with van der Waals surface area (Å²) in [5.41, 5.74) is 14.6. The summed E-state index contributed by atoms with van der Waals surface area (Å²) in [6, 6.07) is 3.18. The number of carbonyl (C=O) groups is 1. The van der Waals surface area contributed by atoms with Gasteiger partial charge in [-0.15, -0.1) is 0 Å². The minimum Gasteiger partial charge on any atom is -0.676 e. The molecule has 1 aromatic rings. The maximum Gasteiger partial charge on any atom is 2.00 e. The van der Waals surface area contributed by atoms with Crippen molar-refractivity contribution < 1.29 is 31.0 Å². The third kappa shape index (κ3) is 6.32. The van der Waals surface area contributed by atoms with E-state index >= 15 is 0 Å². The Morgan fingerprint density at radius 3 is 2.06 bits per heavy atom. The summed E-state index contributed by atoms with van der Waals surface area (Å²) in [5.74, 6) is -0.823. The van der Waals surface area contributed by atoms with Gasteiger partial charge >= 0.3 is 27.0 Å². The van der Waals surface area contributed by atoms with Crippen molar-refractivity contribution in [2.24, 2.45) is 0 Å². The van der Waals surface area contributed by atoms with Crippen molar-refractivity contribution in [3.05, 3.63) is 33.9 Å². The Kier molecular flexibility index (Phi) is 8.69. The minimum atomic E-state index is -0.823. The second-order valence-corrected chi connectivity index (χ2v) is 4.86. The van der Waals surface area contributed by atoms with Gasteiger partial charge in [0.2, 0.25) is 0 Å². The summed E-state index contributed by atoms with van der Waals surface area (Å²) in [5, 5.41) is 10.1. The zero-order chi connectivity index (χ0) is 12.0. The van der Waals surface area contributed by atoms with Crippen molar-refractivity contribution in [1.29, 1.82) is 0 Å². The van der Waals surface area contributed by atoms with Gasteiger partial charge in [0.1, 0.15) is 5.38 Å². The normalized spacial score (nSPS) is 22.9. The van der Waals surface area contributed by atoms with Crippen molar-refractivity contribution in [2.75, 3.05) is 0 Å². The SMILES string of the molecule is O=C(O)c1ccc[sH+]1.[NH-]C1CCCCC1[NH-].[Pt+2]. The van der Waals surface area contributed by atoms with Crippen LogP contribution in [0.3, 0.4) is 0 Å². The van der Waals surface area contributed by atoms with E-state index in [2.05, 4.69) is 0 Å². The Balaban J connectivity index is 0.000000284. The Bertz CT molecular complexity index is 309. The topological polar surface area (TPSA) is 84.9 Å². The Hall–Kier alpha value is -0.222. The van der Waals surface area contributed by atoms with Crippen LogP contribution in [-0.2, 0) is 21.1 Å². The molecule has 17 heavy (non-hydrogen) atoms. The molecule has 0 saturated heterocycles. The van der Waals surface area contributed by atoms with Crippen LogP contribution in [0.1, 0.15) is 35.4 Å². The first-order chi connectivity index (χ1) is 7.61. The average molecular weight is 436 g/mol. The standard InChI is InChI=1S/C6H12N2.C5H4O2S.Pt/c7-5-3-1-2-4-6(5)8;6-5(7)4-2-1-3-8-4;/h5-8H,1-4H2;1-3H,(H,6,7);/q-2;;+2/p+1. The molecule has 0 amide bonds. The number of aromatic carboxylic acids is 1.